The van der Waals surface area contributed by atoms with E-state index >= 15 is 0 Å². The van der Waals surface area contributed by atoms with Gasteiger partial charge in [0.25, 0.3) is 0 Å². The van der Waals surface area contributed by atoms with Gasteiger partial charge in [-0.1, -0.05) is 107 Å². The fourth-order valence-corrected chi connectivity index (χ4v) is 3.85. The van der Waals surface area contributed by atoms with Gasteiger partial charge in [-0.2, -0.15) is 0 Å². The summed E-state index contributed by atoms with van der Waals surface area (Å²) in [7, 11) is 0. The summed E-state index contributed by atoms with van der Waals surface area (Å²) in [6, 6.07) is 0. The summed E-state index contributed by atoms with van der Waals surface area (Å²) in [5, 5.41) is 19.1. The van der Waals surface area contributed by atoms with Crippen LogP contribution >= 0.6 is 0 Å². The Balaban J connectivity index is 3.76. The zero-order chi connectivity index (χ0) is 28.8. The Morgan fingerprint density at radius 3 is 1.87 bits per heavy atom. The number of ether oxygens (including phenoxy) is 2. The largest absolute Gasteiger partial charge is 0.462 e. The Morgan fingerprint density at radius 1 is 0.692 bits per heavy atom. The summed E-state index contributed by atoms with van der Waals surface area (Å²) in [5.74, 6) is -0.690. The lowest BCUT2D eigenvalue weighted by Gasteiger charge is -2.15. The predicted molar refractivity (Wildman–Crippen MR) is 160 cm³/mol. The Kier molecular flexibility index (Phi) is 27.2. The Labute approximate surface area is 238 Å². The van der Waals surface area contributed by atoms with Crippen LogP contribution in [-0.2, 0) is 19.1 Å². The molecule has 0 aromatic rings. The molecule has 0 rings (SSSR count). The molecular weight excluding hydrogens is 492 g/mol. The van der Waals surface area contributed by atoms with Gasteiger partial charge in [0.05, 0.1) is 12.7 Å². The standard InChI is InChI=1S/C33H56O6/c1-3-5-6-7-15-20-23-27-33(37)39-31(28-34)29-38-32(36)26-22-19-17-14-12-10-8-9-11-13-16-18-21-25-30(35)24-4-2/h8,10-11,13-14,17-18,21,30-31,34-35H,3-7,9,12,15-16,19-20,22-29H2,1-2H3/b10-8-,13-11-,17-14-,21-18-/t30?,31-/m0/s1. The molecule has 0 aromatic heterocycles. The first-order chi connectivity index (χ1) is 19.0. The third-order valence-electron chi connectivity index (χ3n) is 6.18. The minimum atomic E-state index is -0.798. The zero-order valence-electron chi connectivity index (χ0n) is 24.7. The number of allylic oxidation sites excluding steroid dienone is 7. The molecule has 0 aliphatic carbocycles. The monoisotopic (exact) mass is 548 g/mol. The third kappa shape index (κ3) is 27.2. The fourth-order valence-electron chi connectivity index (χ4n) is 3.85. The Morgan fingerprint density at radius 2 is 1.26 bits per heavy atom. The molecule has 2 atom stereocenters. The summed E-state index contributed by atoms with van der Waals surface area (Å²) in [6.45, 7) is 3.81. The summed E-state index contributed by atoms with van der Waals surface area (Å²) in [4.78, 5) is 23.9. The van der Waals surface area contributed by atoms with Crippen molar-refractivity contribution in [1.29, 1.82) is 0 Å². The molecule has 0 aliphatic heterocycles. The van der Waals surface area contributed by atoms with Gasteiger partial charge in [0, 0.05) is 12.8 Å². The molecule has 0 saturated heterocycles. The van der Waals surface area contributed by atoms with Crippen LogP contribution in [0.3, 0.4) is 0 Å². The van der Waals surface area contributed by atoms with Gasteiger partial charge in [-0.3, -0.25) is 9.59 Å². The average molecular weight is 549 g/mol. The summed E-state index contributed by atoms with van der Waals surface area (Å²) in [5.41, 5.74) is 0. The molecule has 0 saturated carbocycles. The van der Waals surface area contributed by atoms with Crippen molar-refractivity contribution in [2.24, 2.45) is 0 Å². The normalized spacial score (nSPS) is 13.6. The van der Waals surface area contributed by atoms with Gasteiger partial charge in [-0.15, -0.1) is 0 Å². The highest BCUT2D eigenvalue weighted by molar-refractivity contribution is 5.70. The van der Waals surface area contributed by atoms with E-state index in [1.54, 1.807) is 0 Å². The van der Waals surface area contributed by atoms with Gasteiger partial charge < -0.3 is 19.7 Å². The second-order valence-electron chi connectivity index (χ2n) is 10.0. The van der Waals surface area contributed by atoms with E-state index in [1.165, 1.54) is 25.7 Å². The van der Waals surface area contributed by atoms with Crippen LogP contribution in [0.1, 0.15) is 123 Å². The molecule has 0 bridgehead atoms. The number of carbonyl (C=O) groups is 2. The quantitative estimate of drug-likeness (QED) is 0.0654. The number of esters is 2. The number of aliphatic hydroxyl groups is 2. The van der Waals surface area contributed by atoms with Crippen LogP contribution in [0.25, 0.3) is 0 Å². The smallest absolute Gasteiger partial charge is 0.306 e. The van der Waals surface area contributed by atoms with Crippen LogP contribution in [0.15, 0.2) is 48.6 Å². The second kappa shape index (κ2) is 28.8. The SMILES string of the molecule is CCCCCCCCCC(=O)O[C@@H](CO)COC(=O)CCC/C=C\C/C=C\C/C=C\C/C=C\CC(O)CCC. The molecule has 2 N–H and O–H groups in total. The highest BCUT2D eigenvalue weighted by Crippen LogP contribution is 2.10. The van der Waals surface area contributed by atoms with Crippen molar-refractivity contribution in [2.45, 2.75) is 135 Å². The average Bonchev–Trinajstić information content (AvgIpc) is 2.92. The highest BCUT2D eigenvalue weighted by Gasteiger charge is 2.15. The van der Waals surface area contributed by atoms with E-state index in [4.69, 9.17) is 9.47 Å². The molecule has 0 aromatic carbocycles. The van der Waals surface area contributed by atoms with E-state index in [9.17, 15) is 19.8 Å². The Bertz CT molecular complexity index is 694. The van der Waals surface area contributed by atoms with E-state index in [2.05, 4.69) is 56.4 Å². The number of aliphatic hydroxyl groups excluding tert-OH is 2. The molecule has 6 heteroatoms. The van der Waals surface area contributed by atoms with Gasteiger partial charge in [0.15, 0.2) is 6.10 Å². The van der Waals surface area contributed by atoms with Crippen LogP contribution in [0, 0.1) is 0 Å². The number of unbranched alkanes of at least 4 members (excludes halogenated alkanes) is 7. The first-order valence-corrected chi connectivity index (χ1v) is 15.3. The van der Waals surface area contributed by atoms with Crippen LogP contribution < -0.4 is 0 Å². The van der Waals surface area contributed by atoms with Gasteiger partial charge >= 0.3 is 11.9 Å². The Hall–Kier alpha value is -2.18. The number of hydrogen-bond acceptors (Lipinski definition) is 6. The maximum atomic E-state index is 11.9. The molecule has 0 radical (unpaired) electrons. The van der Waals surface area contributed by atoms with Crippen molar-refractivity contribution in [2.75, 3.05) is 13.2 Å². The van der Waals surface area contributed by atoms with Crippen molar-refractivity contribution in [3.63, 3.8) is 0 Å². The molecule has 224 valence electrons. The van der Waals surface area contributed by atoms with E-state index in [0.29, 0.717) is 19.3 Å². The first-order valence-electron chi connectivity index (χ1n) is 15.3. The maximum Gasteiger partial charge on any atom is 0.306 e. The molecule has 0 heterocycles. The van der Waals surface area contributed by atoms with Crippen LogP contribution in [0.2, 0.25) is 0 Å². The molecule has 0 amide bonds. The van der Waals surface area contributed by atoms with Crippen molar-refractivity contribution < 1.29 is 29.3 Å². The molecule has 6 nitrogen and oxygen atoms in total. The molecular formula is C33H56O6. The van der Waals surface area contributed by atoms with Crippen LogP contribution in [0.4, 0.5) is 0 Å². The van der Waals surface area contributed by atoms with Crippen LogP contribution in [-0.4, -0.2) is 47.6 Å². The summed E-state index contributed by atoms with van der Waals surface area (Å²) >= 11 is 0. The maximum absolute atomic E-state index is 11.9. The summed E-state index contributed by atoms with van der Waals surface area (Å²) in [6.07, 6.45) is 31.0. The number of rotatable bonds is 26. The third-order valence-corrected chi connectivity index (χ3v) is 6.18. The molecule has 39 heavy (non-hydrogen) atoms. The molecule has 0 aliphatic rings. The lowest BCUT2D eigenvalue weighted by atomic mass is 10.1. The molecule has 1 unspecified atom stereocenters. The topological polar surface area (TPSA) is 93.1 Å². The van der Waals surface area contributed by atoms with Gasteiger partial charge in [-0.05, 0) is 51.4 Å². The first kappa shape index (κ1) is 36.8. The molecule has 0 fully saturated rings. The highest BCUT2D eigenvalue weighted by atomic mass is 16.6. The van der Waals surface area contributed by atoms with E-state index in [-0.39, 0.29) is 31.3 Å². The minimum absolute atomic E-state index is 0.106. The van der Waals surface area contributed by atoms with Crippen molar-refractivity contribution >= 4 is 11.9 Å². The van der Waals surface area contributed by atoms with Gasteiger partial charge in [-0.25, -0.2) is 0 Å². The van der Waals surface area contributed by atoms with Gasteiger partial charge in [0.1, 0.15) is 6.61 Å². The predicted octanol–water partition coefficient (Wildman–Crippen LogP) is 7.69. The fraction of sp³-hybridized carbons (Fsp3) is 0.697. The molecule has 0 spiro atoms. The number of hydrogen-bond donors (Lipinski definition) is 2. The van der Waals surface area contributed by atoms with Gasteiger partial charge in [0.2, 0.25) is 0 Å². The minimum Gasteiger partial charge on any atom is -0.462 e. The lowest BCUT2D eigenvalue weighted by Crippen LogP contribution is -2.28. The van der Waals surface area contributed by atoms with E-state index in [1.807, 2.05) is 6.08 Å². The second-order valence-corrected chi connectivity index (χ2v) is 10.0. The lowest BCUT2D eigenvalue weighted by molar-refractivity contribution is -0.161. The van der Waals surface area contributed by atoms with E-state index < -0.39 is 6.10 Å². The van der Waals surface area contributed by atoms with Crippen molar-refractivity contribution in [1.82, 2.24) is 0 Å². The zero-order valence-corrected chi connectivity index (χ0v) is 24.7. The van der Waals surface area contributed by atoms with E-state index in [0.717, 1.165) is 64.2 Å². The van der Waals surface area contributed by atoms with Crippen molar-refractivity contribution in [3.05, 3.63) is 48.6 Å². The van der Waals surface area contributed by atoms with Crippen molar-refractivity contribution in [3.8, 4) is 0 Å². The number of carbonyl (C=O) groups excluding carboxylic acids is 2. The van der Waals surface area contributed by atoms with Crippen LogP contribution in [0.5, 0.6) is 0 Å². The summed E-state index contributed by atoms with van der Waals surface area (Å²) < 4.78 is 10.4.